The minimum absolute atomic E-state index is 0.231. The van der Waals surface area contributed by atoms with E-state index >= 15 is 0 Å². The summed E-state index contributed by atoms with van der Waals surface area (Å²) >= 11 is 7.37. The van der Waals surface area contributed by atoms with Crippen molar-refractivity contribution < 1.29 is 4.39 Å². The molecule has 0 atom stereocenters. The zero-order valence-corrected chi connectivity index (χ0v) is 11.6. The lowest BCUT2D eigenvalue weighted by molar-refractivity contribution is 0.628. The summed E-state index contributed by atoms with van der Waals surface area (Å²) in [5.74, 6) is 0.297. The molecule has 0 fully saturated rings. The van der Waals surface area contributed by atoms with Crippen molar-refractivity contribution in [2.24, 2.45) is 0 Å². The normalized spacial score (nSPS) is 11.8. The van der Waals surface area contributed by atoms with E-state index in [0.29, 0.717) is 5.88 Å². The van der Waals surface area contributed by atoms with Crippen molar-refractivity contribution in [1.29, 1.82) is 0 Å². The van der Waals surface area contributed by atoms with Crippen molar-refractivity contribution in [3.8, 4) is 10.6 Å². The Morgan fingerprint density at radius 3 is 2.72 bits per heavy atom. The number of hydrogen-bond acceptors (Lipinski definition) is 2. The van der Waals surface area contributed by atoms with Crippen LogP contribution >= 0.6 is 22.9 Å². The fourth-order valence-corrected chi connectivity index (χ4v) is 2.57. The van der Waals surface area contributed by atoms with Gasteiger partial charge in [0.2, 0.25) is 0 Å². The molecule has 4 heteroatoms. The molecule has 0 aliphatic carbocycles. The summed E-state index contributed by atoms with van der Waals surface area (Å²) in [6, 6.07) is 6.37. The summed E-state index contributed by atoms with van der Waals surface area (Å²) in [5.41, 5.74) is 3.01. The van der Waals surface area contributed by atoms with E-state index < -0.39 is 0 Å². The molecule has 0 saturated heterocycles. The molecule has 0 aliphatic rings. The molecule has 1 heterocycles. The maximum atomic E-state index is 12.8. The highest BCUT2D eigenvalue weighted by Crippen LogP contribution is 2.25. The predicted octanol–water partition coefficient (Wildman–Crippen LogP) is 4.98. The Bertz CT molecular complexity index is 539. The van der Waals surface area contributed by atoms with Gasteiger partial charge in [-0.25, -0.2) is 9.37 Å². The van der Waals surface area contributed by atoms with Gasteiger partial charge in [0.15, 0.2) is 0 Å². The zero-order valence-electron chi connectivity index (χ0n) is 9.99. The molecule has 0 amide bonds. The van der Waals surface area contributed by atoms with E-state index in [2.05, 4.69) is 11.9 Å². The topological polar surface area (TPSA) is 12.9 Å². The fourth-order valence-electron chi connectivity index (χ4n) is 1.52. The van der Waals surface area contributed by atoms with E-state index in [1.165, 1.54) is 12.1 Å². The minimum Gasteiger partial charge on any atom is -0.237 e. The van der Waals surface area contributed by atoms with Crippen LogP contribution in [0.2, 0.25) is 0 Å². The Hall–Kier alpha value is -1.19. The molecule has 18 heavy (non-hydrogen) atoms. The number of halogens is 2. The summed E-state index contributed by atoms with van der Waals surface area (Å²) in [6.07, 6.45) is 2.93. The van der Waals surface area contributed by atoms with Crippen LogP contribution in [0.3, 0.4) is 0 Å². The molecule has 0 spiro atoms. The molecular formula is C14H13ClFNS. The molecular weight excluding hydrogens is 269 g/mol. The molecule has 1 aromatic heterocycles. The average molecular weight is 282 g/mol. The maximum Gasteiger partial charge on any atom is 0.124 e. The van der Waals surface area contributed by atoms with Crippen molar-refractivity contribution in [2.75, 3.05) is 5.88 Å². The summed E-state index contributed by atoms with van der Waals surface area (Å²) < 4.78 is 12.8. The first-order valence-corrected chi connectivity index (χ1v) is 7.11. The number of hydrogen-bond donors (Lipinski definition) is 0. The van der Waals surface area contributed by atoms with Crippen LogP contribution in [0.5, 0.6) is 0 Å². The number of nitrogens with zero attached hydrogens (tertiary/aromatic N) is 1. The Kier molecular flexibility index (Phi) is 4.50. The lowest BCUT2D eigenvalue weighted by atomic mass is 10.2. The third-order valence-corrected chi connectivity index (χ3v) is 3.84. The Labute approximate surface area is 115 Å². The van der Waals surface area contributed by atoms with Gasteiger partial charge in [0.05, 0.1) is 5.69 Å². The summed E-state index contributed by atoms with van der Waals surface area (Å²) in [5, 5.41) is 2.88. The molecule has 0 bridgehead atoms. The van der Waals surface area contributed by atoms with Gasteiger partial charge in [0.25, 0.3) is 0 Å². The summed E-state index contributed by atoms with van der Waals surface area (Å²) in [4.78, 5) is 4.51. The quantitative estimate of drug-likeness (QED) is 0.720. The van der Waals surface area contributed by atoms with Gasteiger partial charge in [-0.3, -0.25) is 0 Å². The average Bonchev–Trinajstić information content (AvgIpc) is 2.85. The van der Waals surface area contributed by atoms with Crippen molar-refractivity contribution in [3.05, 3.63) is 46.7 Å². The number of rotatable bonds is 4. The van der Waals surface area contributed by atoms with Gasteiger partial charge in [-0.15, -0.1) is 22.9 Å². The Balaban J connectivity index is 2.25. The van der Waals surface area contributed by atoms with Crippen molar-refractivity contribution >= 4 is 29.0 Å². The highest BCUT2D eigenvalue weighted by molar-refractivity contribution is 7.13. The Morgan fingerprint density at radius 1 is 1.39 bits per heavy atom. The SMILES string of the molecule is CCC(=Cc1csc(-c2ccc(F)cc2)n1)CCl. The van der Waals surface area contributed by atoms with Crippen LogP contribution in [0.15, 0.2) is 35.2 Å². The third-order valence-electron chi connectivity index (χ3n) is 2.59. The first kappa shape index (κ1) is 13.2. The maximum absolute atomic E-state index is 12.8. The molecule has 94 valence electrons. The number of benzene rings is 1. The Morgan fingerprint density at radius 2 is 2.11 bits per heavy atom. The van der Waals surface area contributed by atoms with Gasteiger partial charge in [-0.2, -0.15) is 0 Å². The van der Waals surface area contributed by atoms with Gasteiger partial charge in [-0.05, 0) is 36.8 Å². The summed E-state index contributed by atoms with van der Waals surface area (Å²) in [7, 11) is 0. The first-order valence-electron chi connectivity index (χ1n) is 5.69. The highest BCUT2D eigenvalue weighted by atomic mass is 35.5. The standard InChI is InChI=1S/C14H13ClFNS/c1-2-10(8-15)7-13-9-18-14(17-13)11-3-5-12(16)6-4-11/h3-7,9H,2,8H2,1H3. The van der Waals surface area contributed by atoms with Gasteiger partial charge in [0.1, 0.15) is 10.8 Å². The van der Waals surface area contributed by atoms with Gasteiger partial charge in [-0.1, -0.05) is 12.5 Å². The molecule has 0 N–H and O–H groups in total. The number of alkyl halides is 1. The lowest BCUT2D eigenvalue weighted by Crippen LogP contribution is -1.83. The van der Waals surface area contributed by atoms with Crippen LogP contribution in [0.25, 0.3) is 16.6 Å². The van der Waals surface area contributed by atoms with Crippen LogP contribution in [0.1, 0.15) is 19.0 Å². The van der Waals surface area contributed by atoms with Crippen LogP contribution in [-0.2, 0) is 0 Å². The monoisotopic (exact) mass is 281 g/mol. The molecule has 1 nitrogen and oxygen atoms in total. The smallest absolute Gasteiger partial charge is 0.124 e. The molecule has 0 radical (unpaired) electrons. The molecule has 2 rings (SSSR count). The van der Waals surface area contributed by atoms with E-state index in [1.807, 2.05) is 11.5 Å². The lowest BCUT2D eigenvalue weighted by Gasteiger charge is -1.96. The molecule has 0 unspecified atom stereocenters. The van der Waals surface area contributed by atoms with Gasteiger partial charge < -0.3 is 0 Å². The second-order valence-electron chi connectivity index (χ2n) is 3.87. The van der Waals surface area contributed by atoms with Crippen molar-refractivity contribution in [2.45, 2.75) is 13.3 Å². The van der Waals surface area contributed by atoms with Crippen LogP contribution in [0.4, 0.5) is 4.39 Å². The molecule has 2 aromatic rings. The molecule has 0 saturated carbocycles. The molecule has 0 aliphatic heterocycles. The van der Waals surface area contributed by atoms with Gasteiger partial charge >= 0.3 is 0 Å². The first-order chi connectivity index (χ1) is 8.72. The predicted molar refractivity (Wildman–Crippen MR) is 76.5 cm³/mol. The minimum atomic E-state index is -0.231. The zero-order chi connectivity index (χ0) is 13.0. The second kappa shape index (κ2) is 6.12. The van der Waals surface area contributed by atoms with E-state index in [4.69, 9.17) is 11.6 Å². The van der Waals surface area contributed by atoms with E-state index in [1.54, 1.807) is 23.5 Å². The van der Waals surface area contributed by atoms with E-state index in [0.717, 1.165) is 28.3 Å². The number of aromatic nitrogens is 1. The number of allylic oxidation sites excluding steroid dienone is 1. The largest absolute Gasteiger partial charge is 0.237 e. The van der Waals surface area contributed by atoms with Crippen LogP contribution in [0, 0.1) is 5.82 Å². The second-order valence-corrected chi connectivity index (χ2v) is 5.00. The van der Waals surface area contributed by atoms with Crippen molar-refractivity contribution in [1.82, 2.24) is 4.98 Å². The van der Waals surface area contributed by atoms with E-state index in [9.17, 15) is 4.39 Å². The number of thiazole rings is 1. The van der Waals surface area contributed by atoms with Crippen LogP contribution in [-0.4, -0.2) is 10.9 Å². The third kappa shape index (κ3) is 3.18. The van der Waals surface area contributed by atoms with Crippen molar-refractivity contribution in [3.63, 3.8) is 0 Å². The summed E-state index contributed by atoms with van der Waals surface area (Å²) in [6.45, 7) is 2.07. The van der Waals surface area contributed by atoms with E-state index in [-0.39, 0.29) is 5.82 Å². The highest BCUT2D eigenvalue weighted by Gasteiger charge is 2.04. The fraction of sp³-hybridized carbons (Fsp3) is 0.214. The molecule has 1 aromatic carbocycles. The van der Waals surface area contributed by atoms with Gasteiger partial charge in [0, 0.05) is 16.8 Å². The van der Waals surface area contributed by atoms with Crippen LogP contribution < -0.4 is 0 Å².